The molecule has 3 aliphatic rings. The van der Waals surface area contributed by atoms with Gasteiger partial charge in [0.05, 0.1) is 0 Å². The van der Waals surface area contributed by atoms with E-state index >= 15 is 0 Å². The Morgan fingerprint density at radius 1 is 1.26 bits per heavy atom. The molecule has 3 aliphatic heterocycles. The summed E-state index contributed by atoms with van der Waals surface area (Å²) < 4.78 is 37.5. The van der Waals surface area contributed by atoms with E-state index < -0.39 is 18.5 Å². The van der Waals surface area contributed by atoms with E-state index in [4.69, 9.17) is 0 Å². The first-order valence-electron chi connectivity index (χ1n) is 7.88. The molecule has 4 heterocycles. The Labute approximate surface area is 133 Å². The summed E-state index contributed by atoms with van der Waals surface area (Å²) in [6, 6.07) is 3.76. The SMILES string of the molecule is O=C(CC(F)(F)F)N1C[C@@H]2CC[C@H]1CN(Cc1cccnc1)C2. The molecular weight excluding hydrogens is 307 g/mol. The predicted molar refractivity (Wildman–Crippen MR) is 78.4 cm³/mol. The topological polar surface area (TPSA) is 36.4 Å². The quantitative estimate of drug-likeness (QED) is 0.856. The zero-order valence-electron chi connectivity index (χ0n) is 12.8. The van der Waals surface area contributed by atoms with Crippen molar-refractivity contribution in [1.29, 1.82) is 0 Å². The van der Waals surface area contributed by atoms with Crippen molar-refractivity contribution in [2.45, 2.75) is 38.0 Å². The second-order valence-corrected chi connectivity index (χ2v) is 6.49. The van der Waals surface area contributed by atoms with E-state index in [0.29, 0.717) is 13.1 Å². The van der Waals surface area contributed by atoms with Gasteiger partial charge in [-0.15, -0.1) is 0 Å². The molecule has 23 heavy (non-hydrogen) atoms. The second kappa shape index (κ2) is 6.47. The lowest BCUT2D eigenvalue weighted by Gasteiger charge is -2.36. The normalized spacial score (nSPS) is 25.4. The van der Waals surface area contributed by atoms with Crippen molar-refractivity contribution >= 4 is 5.91 Å². The van der Waals surface area contributed by atoms with Crippen LogP contribution in [0.2, 0.25) is 0 Å². The number of hydrogen-bond donors (Lipinski definition) is 0. The van der Waals surface area contributed by atoms with E-state index in [1.165, 1.54) is 4.90 Å². The van der Waals surface area contributed by atoms with E-state index in [-0.39, 0.29) is 12.0 Å². The first kappa shape index (κ1) is 16.2. The third-order valence-corrected chi connectivity index (χ3v) is 4.59. The second-order valence-electron chi connectivity index (χ2n) is 6.49. The van der Waals surface area contributed by atoms with Crippen molar-refractivity contribution in [3.05, 3.63) is 30.1 Å². The fraction of sp³-hybridized carbons (Fsp3) is 0.625. The van der Waals surface area contributed by atoms with Gasteiger partial charge >= 0.3 is 6.18 Å². The highest BCUT2D eigenvalue weighted by atomic mass is 19.4. The molecule has 0 aliphatic carbocycles. The molecular formula is C16H20F3N3O. The van der Waals surface area contributed by atoms with Crippen molar-refractivity contribution in [2.24, 2.45) is 5.92 Å². The highest BCUT2D eigenvalue weighted by molar-refractivity contribution is 5.77. The van der Waals surface area contributed by atoms with Crippen LogP contribution in [0.25, 0.3) is 0 Å². The highest BCUT2D eigenvalue weighted by Gasteiger charge is 2.40. The highest BCUT2D eigenvalue weighted by Crippen LogP contribution is 2.31. The average molecular weight is 327 g/mol. The Morgan fingerprint density at radius 2 is 2.09 bits per heavy atom. The molecule has 0 aromatic carbocycles. The average Bonchev–Trinajstić information content (AvgIpc) is 2.77. The van der Waals surface area contributed by atoms with E-state index in [9.17, 15) is 18.0 Å². The summed E-state index contributed by atoms with van der Waals surface area (Å²) in [5.41, 5.74) is 1.09. The summed E-state index contributed by atoms with van der Waals surface area (Å²) in [6.45, 7) is 2.63. The molecule has 3 saturated heterocycles. The van der Waals surface area contributed by atoms with Crippen LogP contribution in [0.5, 0.6) is 0 Å². The van der Waals surface area contributed by atoms with Crippen molar-refractivity contribution in [3.63, 3.8) is 0 Å². The number of carbonyl (C=O) groups excluding carboxylic acids is 1. The fourth-order valence-electron chi connectivity index (χ4n) is 3.64. The Hall–Kier alpha value is -1.63. The maximum absolute atomic E-state index is 12.5. The summed E-state index contributed by atoms with van der Waals surface area (Å²) in [5, 5.41) is 0. The first-order chi connectivity index (χ1) is 10.9. The summed E-state index contributed by atoms with van der Waals surface area (Å²) in [7, 11) is 0. The Morgan fingerprint density at radius 3 is 2.78 bits per heavy atom. The number of rotatable bonds is 3. The molecule has 2 bridgehead atoms. The zero-order valence-corrected chi connectivity index (χ0v) is 12.8. The molecule has 4 rings (SSSR count). The van der Waals surface area contributed by atoms with Crippen LogP contribution < -0.4 is 0 Å². The van der Waals surface area contributed by atoms with Gasteiger partial charge in [0.15, 0.2) is 0 Å². The molecule has 0 saturated carbocycles. The lowest BCUT2D eigenvalue weighted by molar-refractivity contribution is -0.164. The van der Waals surface area contributed by atoms with Crippen molar-refractivity contribution in [3.8, 4) is 0 Å². The van der Waals surface area contributed by atoms with Crippen LogP contribution in [0, 0.1) is 5.92 Å². The lowest BCUT2D eigenvalue weighted by Crippen LogP contribution is -2.48. The molecule has 0 unspecified atom stereocenters. The number of pyridine rings is 1. The summed E-state index contributed by atoms with van der Waals surface area (Å²) in [4.78, 5) is 19.8. The predicted octanol–water partition coefficient (Wildman–Crippen LogP) is 2.46. The number of piperidine rings is 1. The summed E-state index contributed by atoms with van der Waals surface area (Å²) in [5.74, 6) is -0.530. The third kappa shape index (κ3) is 4.22. The third-order valence-electron chi connectivity index (χ3n) is 4.59. The van der Waals surface area contributed by atoms with Crippen LogP contribution >= 0.6 is 0 Å². The van der Waals surface area contributed by atoms with Crippen LogP contribution in [0.4, 0.5) is 13.2 Å². The molecule has 126 valence electrons. The number of nitrogens with zero attached hydrogens (tertiary/aromatic N) is 3. The number of hydrogen-bond acceptors (Lipinski definition) is 3. The fourth-order valence-corrected chi connectivity index (χ4v) is 3.64. The Balaban J connectivity index is 1.67. The van der Waals surface area contributed by atoms with Crippen LogP contribution in [-0.4, -0.2) is 52.5 Å². The lowest BCUT2D eigenvalue weighted by atomic mass is 9.94. The molecule has 1 aromatic heterocycles. The monoisotopic (exact) mass is 327 g/mol. The van der Waals surface area contributed by atoms with Gasteiger partial charge in [0.1, 0.15) is 6.42 Å². The van der Waals surface area contributed by atoms with Gasteiger partial charge in [-0.3, -0.25) is 14.7 Å². The van der Waals surface area contributed by atoms with Gasteiger partial charge in [-0.2, -0.15) is 13.2 Å². The molecule has 3 fully saturated rings. The molecule has 0 radical (unpaired) electrons. The molecule has 4 nitrogen and oxygen atoms in total. The van der Waals surface area contributed by atoms with Gasteiger partial charge in [0.25, 0.3) is 0 Å². The van der Waals surface area contributed by atoms with Gasteiger partial charge < -0.3 is 4.90 Å². The largest absolute Gasteiger partial charge is 0.397 e. The molecule has 1 amide bonds. The van der Waals surface area contributed by atoms with Crippen molar-refractivity contribution < 1.29 is 18.0 Å². The molecule has 2 atom stereocenters. The minimum atomic E-state index is -4.43. The number of aromatic nitrogens is 1. The Bertz CT molecular complexity index is 549. The van der Waals surface area contributed by atoms with Crippen LogP contribution in [0.15, 0.2) is 24.5 Å². The molecule has 0 spiro atoms. The number of fused-ring (bicyclic) bond motifs is 4. The number of alkyl halides is 3. The smallest absolute Gasteiger partial charge is 0.338 e. The van der Waals surface area contributed by atoms with Gasteiger partial charge in [-0.05, 0) is 30.4 Å². The summed E-state index contributed by atoms with van der Waals surface area (Å²) in [6.07, 6.45) is -0.495. The van der Waals surface area contributed by atoms with Crippen molar-refractivity contribution in [1.82, 2.24) is 14.8 Å². The molecule has 1 aromatic rings. The zero-order chi connectivity index (χ0) is 16.4. The van der Waals surface area contributed by atoms with Crippen LogP contribution in [-0.2, 0) is 11.3 Å². The van der Waals surface area contributed by atoms with Gasteiger partial charge in [0.2, 0.25) is 5.91 Å². The van der Waals surface area contributed by atoms with Crippen LogP contribution in [0.1, 0.15) is 24.8 Å². The molecule has 0 N–H and O–H groups in total. The summed E-state index contributed by atoms with van der Waals surface area (Å²) >= 11 is 0. The van der Waals surface area contributed by atoms with E-state index in [1.807, 2.05) is 12.1 Å². The Kier molecular flexibility index (Phi) is 4.57. The number of halogens is 3. The number of amides is 1. The first-order valence-corrected chi connectivity index (χ1v) is 7.88. The van der Waals surface area contributed by atoms with Crippen LogP contribution in [0.3, 0.4) is 0 Å². The maximum Gasteiger partial charge on any atom is 0.397 e. The minimum Gasteiger partial charge on any atom is -0.338 e. The van der Waals surface area contributed by atoms with E-state index in [1.54, 1.807) is 12.4 Å². The molecule has 7 heteroatoms. The van der Waals surface area contributed by atoms with Gasteiger partial charge in [-0.1, -0.05) is 6.07 Å². The van der Waals surface area contributed by atoms with Crippen molar-refractivity contribution in [2.75, 3.05) is 19.6 Å². The van der Waals surface area contributed by atoms with E-state index in [0.717, 1.165) is 31.5 Å². The minimum absolute atomic E-state index is 0.111. The van der Waals surface area contributed by atoms with Gasteiger partial charge in [-0.25, -0.2) is 0 Å². The number of carbonyl (C=O) groups is 1. The standard InChI is InChI=1S/C16H20F3N3O/c17-16(18,19)6-15(23)22-10-13-3-4-14(22)11-21(9-13)8-12-2-1-5-20-7-12/h1-2,5,7,13-14H,3-4,6,8-11H2/t13-,14+/m1/s1. The van der Waals surface area contributed by atoms with Gasteiger partial charge in [0, 0.05) is 44.6 Å². The maximum atomic E-state index is 12.5. The van der Waals surface area contributed by atoms with E-state index in [2.05, 4.69) is 9.88 Å².